The van der Waals surface area contributed by atoms with Gasteiger partial charge < -0.3 is 16.0 Å². The summed E-state index contributed by atoms with van der Waals surface area (Å²) in [4.78, 5) is 17.2. The molecule has 11 heteroatoms. The van der Waals surface area contributed by atoms with E-state index in [2.05, 4.69) is 20.9 Å². The molecular formula is C19H34IN5O3S2. The number of amides is 1. The first-order valence-electron chi connectivity index (χ1n) is 10.3. The highest BCUT2D eigenvalue weighted by molar-refractivity contribution is 14.0. The van der Waals surface area contributed by atoms with Crippen LogP contribution in [0.5, 0.6) is 0 Å². The lowest BCUT2D eigenvalue weighted by atomic mass is 10.3. The molecule has 1 saturated carbocycles. The van der Waals surface area contributed by atoms with E-state index >= 15 is 0 Å². The van der Waals surface area contributed by atoms with E-state index < -0.39 is 10.0 Å². The van der Waals surface area contributed by atoms with E-state index in [0.717, 1.165) is 24.3 Å². The monoisotopic (exact) mass is 571 g/mol. The van der Waals surface area contributed by atoms with Crippen LogP contribution in [0.1, 0.15) is 38.5 Å². The summed E-state index contributed by atoms with van der Waals surface area (Å²) < 4.78 is 27.0. The molecule has 0 aliphatic heterocycles. The number of hydrogen-bond acceptors (Lipinski definition) is 5. The standard InChI is InChI=1S/C19H33N5O3S2.HI/c1-4-20-19(23-14-13-21-18(25)15-7-8-15)22-12-11-16-9-10-17(28-16)29(26,27)24(5-2)6-3;/h9-10,15H,4-8,11-14H2,1-3H3,(H,21,25)(H2,20,22,23);1H. The van der Waals surface area contributed by atoms with Gasteiger partial charge >= 0.3 is 0 Å². The van der Waals surface area contributed by atoms with Crippen LogP contribution in [0.25, 0.3) is 0 Å². The van der Waals surface area contributed by atoms with Crippen molar-refractivity contribution in [2.45, 2.75) is 44.2 Å². The number of nitrogens with zero attached hydrogens (tertiary/aromatic N) is 2. The van der Waals surface area contributed by atoms with Gasteiger partial charge in [-0.1, -0.05) is 13.8 Å². The topological polar surface area (TPSA) is 103 Å². The van der Waals surface area contributed by atoms with Gasteiger partial charge in [-0.25, -0.2) is 8.42 Å². The minimum atomic E-state index is -3.40. The van der Waals surface area contributed by atoms with Crippen LogP contribution in [0.15, 0.2) is 21.3 Å². The van der Waals surface area contributed by atoms with Crippen LogP contribution in [0.3, 0.4) is 0 Å². The first-order valence-corrected chi connectivity index (χ1v) is 12.6. The Kier molecular flexibility index (Phi) is 12.2. The van der Waals surface area contributed by atoms with E-state index in [1.165, 1.54) is 15.6 Å². The molecule has 1 heterocycles. The highest BCUT2D eigenvalue weighted by Crippen LogP contribution is 2.28. The molecule has 0 radical (unpaired) electrons. The minimum absolute atomic E-state index is 0. The van der Waals surface area contributed by atoms with Gasteiger partial charge in [-0.2, -0.15) is 4.31 Å². The Morgan fingerprint density at radius 2 is 1.80 bits per heavy atom. The molecule has 0 unspecified atom stereocenters. The molecule has 3 N–H and O–H groups in total. The predicted octanol–water partition coefficient (Wildman–Crippen LogP) is 2.02. The van der Waals surface area contributed by atoms with Crippen molar-refractivity contribution < 1.29 is 13.2 Å². The number of sulfonamides is 1. The maximum absolute atomic E-state index is 12.6. The number of guanidine groups is 1. The molecular weight excluding hydrogens is 537 g/mol. The summed E-state index contributed by atoms with van der Waals surface area (Å²) in [5.74, 6) is 1.06. The van der Waals surface area contributed by atoms with Crippen molar-refractivity contribution in [1.82, 2.24) is 20.3 Å². The Balaban J connectivity index is 0.00000450. The average Bonchev–Trinajstić information content (AvgIpc) is 3.43. The first-order chi connectivity index (χ1) is 13.9. The molecule has 1 fully saturated rings. The molecule has 0 saturated heterocycles. The van der Waals surface area contributed by atoms with Gasteiger partial charge in [0.25, 0.3) is 10.0 Å². The van der Waals surface area contributed by atoms with Gasteiger partial charge in [0.2, 0.25) is 5.91 Å². The minimum Gasteiger partial charge on any atom is -0.357 e. The zero-order valence-electron chi connectivity index (χ0n) is 17.9. The maximum atomic E-state index is 12.6. The maximum Gasteiger partial charge on any atom is 0.252 e. The summed E-state index contributed by atoms with van der Waals surface area (Å²) >= 11 is 1.31. The second-order valence-corrected chi connectivity index (χ2v) is 10.1. The largest absolute Gasteiger partial charge is 0.357 e. The SMILES string of the molecule is CCNC(=NCCc1ccc(S(=O)(=O)N(CC)CC)s1)NCCNC(=O)C1CC1.I. The van der Waals surface area contributed by atoms with Crippen LogP contribution in [-0.4, -0.2) is 63.9 Å². The number of thiophene rings is 1. The Morgan fingerprint density at radius 3 is 2.40 bits per heavy atom. The quantitative estimate of drug-likeness (QED) is 0.154. The van der Waals surface area contributed by atoms with Gasteiger partial charge in [-0.05, 0) is 31.9 Å². The third kappa shape index (κ3) is 8.31. The van der Waals surface area contributed by atoms with Crippen LogP contribution in [0, 0.1) is 5.92 Å². The molecule has 30 heavy (non-hydrogen) atoms. The third-order valence-corrected chi connectivity index (χ3v) is 8.24. The molecule has 0 atom stereocenters. The van der Waals surface area contributed by atoms with Crippen molar-refractivity contribution in [2.75, 3.05) is 39.3 Å². The van der Waals surface area contributed by atoms with E-state index in [1.807, 2.05) is 26.8 Å². The molecule has 1 aliphatic rings. The lowest BCUT2D eigenvalue weighted by molar-refractivity contribution is -0.122. The van der Waals surface area contributed by atoms with Gasteiger partial charge in [0, 0.05) is 56.5 Å². The third-order valence-electron chi connectivity index (χ3n) is 4.57. The highest BCUT2D eigenvalue weighted by Gasteiger charge is 2.29. The number of hydrogen-bond donors (Lipinski definition) is 3. The lowest BCUT2D eigenvalue weighted by Crippen LogP contribution is -2.41. The van der Waals surface area contributed by atoms with Crippen LogP contribution in [-0.2, 0) is 21.2 Å². The van der Waals surface area contributed by atoms with Crippen molar-refractivity contribution in [1.29, 1.82) is 0 Å². The summed E-state index contributed by atoms with van der Waals surface area (Å²) in [6.07, 6.45) is 2.68. The molecule has 1 aromatic heterocycles. The fourth-order valence-corrected chi connectivity index (χ4v) is 5.75. The van der Waals surface area contributed by atoms with Gasteiger partial charge in [0.1, 0.15) is 4.21 Å². The van der Waals surface area contributed by atoms with Crippen molar-refractivity contribution >= 4 is 57.2 Å². The number of rotatable bonds is 12. The molecule has 0 aromatic carbocycles. The molecule has 1 aliphatic carbocycles. The number of aliphatic imine (C=N–C) groups is 1. The summed E-state index contributed by atoms with van der Waals surface area (Å²) in [5.41, 5.74) is 0. The summed E-state index contributed by atoms with van der Waals surface area (Å²) in [7, 11) is -3.40. The lowest BCUT2D eigenvalue weighted by Gasteiger charge is -2.16. The zero-order valence-corrected chi connectivity index (χ0v) is 21.9. The summed E-state index contributed by atoms with van der Waals surface area (Å²) in [6, 6.07) is 3.55. The zero-order chi connectivity index (χ0) is 21.3. The molecule has 1 amide bonds. The van der Waals surface area contributed by atoms with Gasteiger partial charge in [0.05, 0.1) is 0 Å². The molecule has 2 rings (SSSR count). The molecule has 172 valence electrons. The number of carbonyl (C=O) groups excluding carboxylic acids is 1. The van der Waals surface area contributed by atoms with Crippen molar-refractivity contribution in [2.24, 2.45) is 10.9 Å². The Labute approximate surface area is 201 Å². The van der Waals surface area contributed by atoms with Crippen LogP contribution in [0.2, 0.25) is 0 Å². The van der Waals surface area contributed by atoms with Crippen molar-refractivity contribution in [3.63, 3.8) is 0 Å². The van der Waals surface area contributed by atoms with Gasteiger partial charge in [0.15, 0.2) is 5.96 Å². The fraction of sp³-hybridized carbons (Fsp3) is 0.684. The van der Waals surface area contributed by atoms with E-state index in [4.69, 9.17) is 0 Å². The van der Waals surface area contributed by atoms with Crippen LogP contribution in [0.4, 0.5) is 0 Å². The number of halogens is 1. The second-order valence-electron chi connectivity index (χ2n) is 6.81. The Morgan fingerprint density at radius 1 is 1.13 bits per heavy atom. The molecule has 0 spiro atoms. The second kappa shape index (κ2) is 13.5. The van der Waals surface area contributed by atoms with Crippen molar-refractivity contribution in [3.05, 3.63) is 17.0 Å². The first kappa shape index (κ1) is 27.1. The van der Waals surface area contributed by atoms with Gasteiger partial charge in [-0.15, -0.1) is 35.3 Å². The Hall–Kier alpha value is -0.920. The van der Waals surface area contributed by atoms with E-state index in [9.17, 15) is 13.2 Å². The molecule has 1 aromatic rings. The van der Waals surface area contributed by atoms with Crippen molar-refractivity contribution in [3.8, 4) is 0 Å². The molecule has 0 bridgehead atoms. The fourth-order valence-electron chi connectivity index (χ4n) is 2.80. The average molecular weight is 572 g/mol. The van der Waals surface area contributed by atoms with Gasteiger partial charge in [-0.3, -0.25) is 9.79 Å². The summed E-state index contributed by atoms with van der Waals surface area (Å²) in [5, 5.41) is 9.30. The Bertz CT molecular complexity index is 790. The van der Waals surface area contributed by atoms with Crippen LogP contribution < -0.4 is 16.0 Å². The highest BCUT2D eigenvalue weighted by atomic mass is 127. The van der Waals surface area contributed by atoms with Crippen LogP contribution >= 0.6 is 35.3 Å². The van der Waals surface area contributed by atoms with E-state index in [-0.39, 0.29) is 35.8 Å². The number of carbonyl (C=O) groups is 1. The predicted molar refractivity (Wildman–Crippen MR) is 133 cm³/mol. The normalized spacial score (nSPS) is 14.3. The summed E-state index contributed by atoms with van der Waals surface area (Å²) in [6.45, 7) is 9.08. The van der Waals surface area contributed by atoms with E-state index in [1.54, 1.807) is 6.07 Å². The number of nitrogens with one attached hydrogen (secondary N) is 3. The smallest absolute Gasteiger partial charge is 0.252 e. The molecule has 8 nitrogen and oxygen atoms in total. The van der Waals surface area contributed by atoms with E-state index in [0.29, 0.717) is 49.3 Å².